The number of benzene rings is 1. The summed E-state index contributed by atoms with van der Waals surface area (Å²) in [6.07, 6.45) is -0.177. The first-order valence-corrected chi connectivity index (χ1v) is 5.19. The number of methoxy groups -OCH3 is 1. The van der Waals surface area contributed by atoms with Crippen molar-refractivity contribution >= 4 is 5.97 Å². The van der Waals surface area contributed by atoms with Crippen molar-refractivity contribution < 1.29 is 19.0 Å². The first-order valence-electron chi connectivity index (χ1n) is 5.19. The highest BCUT2D eigenvalue weighted by Crippen LogP contribution is 2.34. The van der Waals surface area contributed by atoms with Crippen LogP contribution in [0.15, 0.2) is 18.2 Å². The van der Waals surface area contributed by atoms with Gasteiger partial charge < -0.3 is 15.6 Å². The molecule has 1 aromatic carbocycles. The average molecular weight is 241 g/mol. The van der Waals surface area contributed by atoms with Crippen molar-refractivity contribution in [2.75, 3.05) is 13.7 Å². The van der Waals surface area contributed by atoms with Gasteiger partial charge in [-0.05, 0) is 18.2 Å². The zero-order valence-corrected chi connectivity index (χ0v) is 9.87. The monoisotopic (exact) mass is 241 g/mol. The Bertz CT molecular complexity index is 422. The Morgan fingerprint density at radius 1 is 1.59 bits per heavy atom. The summed E-state index contributed by atoms with van der Waals surface area (Å²) in [5.74, 6) is -0.976. The van der Waals surface area contributed by atoms with Crippen molar-refractivity contribution in [2.45, 2.75) is 18.8 Å². The molecule has 17 heavy (non-hydrogen) atoms. The summed E-state index contributed by atoms with van der Waals surface area (Å²) in [6.45, 7) is 1.78. The number of carboxylic acid groups (broad SMARTS) is 1. The number of carboxylic acids is 1. The molecule has 0 bridgehead atoms. The van der Waals surface area contributed by atoms with E-state index in [1.807, 2.05) is 0 Å². The van der Waals surface area contributed by atoms with E-state index >= 15 is 0 Å². The van der Waals surface area contributed by atoms with Crippen LogP contribution >= 0.6 is 0 Å². The average Bonchev–Trinajstić information content (AvgIpc) is 2.28. The maximum absolute atomic E-state index is 13.2. The molecule has 0 saturated heterocycles. The standard InChI is InChI=1S/C12H16FNO3/c1-12(7-14,6-11(15)16)9-5-8(13)3-4-10(9)17-2/h3-5H,6-7,14H2,1-2H3,(H,15,16). The third-order valence-electron chi connectivity index (χ3n) is 2.80. The molecule has 5 heteroatoms. The van der Waals surface area contributed by atoms with Gasteiger partial charge in [0.05, 0.1) is 13.5 Å². The molecule has 1 unspecified atom stereocenters. The normalized spacial score (nSPS) is 14.1. The number of nitrogens with two attached hydrogens (primary N) is 1. The summed E-state index contributed by atoms with van der Waals surface area (Å²) in [5, 5.41) is 8.88. The van der Waals surface area contributed by atoms with Crippen LogP contribution in [0.2, 0.25) is 0 Å². The Morgan fingerprint density at radius 3 is 2.71 bits per heavy atom. The number of aliphatic carboxylic acids is 1. The molecule has 1 rings (SSSR count). The fourth-order valence-corrected chi connectivity index (χ4v) is 1.76. The number of halogens is 1. The van der Waals surface area contributed by atoms with E-state index in [2.05, 4.69) is 0 Å². The Hall–Kier alpha value is -1.62. The summed E-state index contributed by atoms with van der Waals surface area (Å²) in [6, 6.07) is 4.01. The van der Waals surface area contributed by atoms with Gasteiger partial charge in [-0.15, -0.1) is 0 Å². The van der Waals surface area contributed by atoms with Crippen molar-refractivity contribution in [3.05, 3.63) is 29.6 Å². The molecule has 0 amide bonds. The van der Waals surface area contributed by atoms with E-state index in [-0.39, 0.29) is 13.0 Å². The largest absolute Gasteiger partial charge is 0.496 e. The molecule has 4 nitrogen and oxygen atoms in total. The van der Waals surface area contributed by atoms with E-state index < -0.39 is 17.2 Å². The van der Waals surface area contributed by atoms with E-state index in [9.17, 15) is 9.18 Å². The van der Waals surface area contributed by atoms with Gasteiger partial charge in [-0.25, -0.2) is 4.39 Å². The smallest absolute Gasteiger partial charge is 0.304 e. The maximum atomic E-state index is 13.2. The first-order chi connectivity index (χ1) is 7.92. The maximum Gasteiger partial charge on any atom is 0.304 e. The van der Waals surface area contributed by atoms with E-state index in [1.165, 1.54) is 25.3 Å². The van der Waals surface area contributed by atoms with Crippen LogP contribution < -0.4 is 10.5 Å². The summed E-state index contributed by atoms with van der Waals surface area (Å²) in [4.78, 5) is 10.8. The fourth-order valence-electron chi connectivity index (χ4n) is 1.76. The SMILES string of the molecule is COc1ccc(F)cc1C(C)(CN)CC(=O)O. The van der Waals surface area contributed by atoms with Crippen LogP contribution in [0.4, 0.5) is 4.39 Å². The lowest BCUT2D eigenvalue weighted by molar-refractivity contribution is -0.138. The highest BCUT2D eigenvalue weighted by atomic mass is 19.1. The van der Waals surface area contributed by atoms with Crippen molar-refractivity contribution in [2.24, 2.45) is 5.73 Å². The lowest BCUT2D eigenvalue weighted by Gasteiger charge is -2.28. The van der Waals surface area contributed by atoms with Gasteiger partial charge in [-0.1, -0.05) is 6.92 Å². The van der Waals surface area contributed by atoms with Gasteiger partial charge in [0.1, 0.15) is 11.6 Å². The predicted molar refractivity (Wildman–Crippen MR) is 61.6 cm³/mol. The quantitative estimate of drug-likeness (QED) is 0.819. The molecule has 3 N–H and O–H groups in total. The van der Waals surface area contributed by atoms with Crippen molar-refractivity contribution in [3.63, 3.8) is 0 Å². The highest BCUT2D eigenvalue weighted by Gasteiger charge is 2.31. The number of ether oxygens (including phenoxy) is 1. The van der Waals surface area contributed by atoms with Crippen LogP contribution in [0.1, 0.15) is 18.9 Å². The number of carbonyl (C=O) groups is 1. The third kappa shape index (κ3) is 2.94. The zero-order valence-electron chi connectivity index (χ0n) is 9.87. The number of hydrogen-bond donors (Lipinski definition) is 2. The van der Waals surface area contributed by atoms with Gasteiger partial charge in [0, 0.05) is 17.5 Å². The minimum Gasteiger partial charge on any atom is -0.496 e. The summed E-state index contributed by atoms with van der Waals surface area (Å²) in [7, 11) is 1.45. The Labute approximate surface area is 99.2 Å². The van der Waals surface area contributed by atoms with E-state index in [0.717, 1.165) is 0 Å². The van der Waals surface area contributed by atoms with Gasteiger partial charge in [0.15, 0.2) is 0 Å². The summed E-state index contributed by atoms with van der Waals surface area (Å²) >= 11 is 0. The Kier molecular flexibility index (Phi) is 4.07. The van der Waals surface area contributed by atoms with Crippen LogP contribution in [0, 0.1) is 5.82 Å². The molecular weight excluding hydrogens is 225 g/mol. The Balaban J connectivity index is 3.26. The molecule has 94 valence electrons. The molecule has 0 heterocycles. The highest BCUT2D eigenvalue weighted by molar-refractivity contribution is 5.69. The van der Waals surface area contributed by atoms with Gasteiger partial charge >= 0.3 is 5.97 Å². The molecule has 0 aliphatic rings. The molecule has 0 saturated carbocycles. The minimum atomic E-state index is -0.982. The van der Waals surface area contributed by atoms with Gasteiger partial charge in [-0.2, -0.15) is 0 Å². The molecule has 0 aromatic heterocycles. The van der Waals surface area contributed by atoms with Crippen molar-refractivity contribution in [1.29, 1.82) is 0 Å². The van der Waals surface area contributed by atoms with Crippen molar-refractivity contribution in [1.82, 2.24) is 0 Å². The molecule has 1 aromatic rings. The molecule has 0 aliphatic carbocycles. The second-order valence-corrected chi connectivity index (χ2v) is 4.18. The van der Waals surface area contributed by atoms with E-state index in [1.54, 1.807) is 6.92 Å². The second-order valence-electron chi connectivity index (χ2n) is 4.18. The molecule has 0 radical (unpaired) electrons. The van der Waals surface area contributed by atoms with Gasteiger partial charge in [0.25, 0.3) is 0 Å². The molecule has 1 atom stereocenters. The second kappa shape index (κ2) is 5.14. The van der Waals surface area contributed by atoms with Gasteiger partial charge in [-0.3, -0.25) is 4.79 Å². The van der Waals surface area contributed by atoms with Crippen molar-refractivity contribution in [3.8, 4) is 5.75 Å². The lowest BCUT2D eigenvalue weighted by Crippen LogP contribution is -2.34. The molecule has 0 spiro atoms. The molecular formula is C12H16FNO3. The van der Waals surface area contributed by atoms with E-state index in [4.69, 9.17) is 15.6 Å². The first kappa shape index (κ1) is 13.4. The molecule has 0 fully saturated rings. The Morgan fingerprint density at radius 2 is 2.24 bits per heavy atom. The number of rotatable bonds is 5. The van der Waals surface area contributed by atoms with Crippen LogP contribution in [0.25, 0.3) is 0 Å². The minimum absolute atomic E-state index is 0.0963. The molecule has 0 aliphatic heterocycles. The van der Waals surface area contributed by atoms with Crippen LogP contribution in [-0.4, -0.2) is 24.7 Å². The van der Waals surface area contributed by atoms with Crippen LogP contribution in [0.3, 0.4) is 0 Å². The lowest BCUT2D eigenvalue weighted by atomic mass is 9.79. The summed E-state index contributed by atoms with van der Waals surface area (Å²) < 4.78 is 18.4. The van der Waals surface area contributed by atoms with Crippen LogP contribution in [0.5, 0.6) is 5.75 Å². The predicted octanol–water partition coefficient (Wildman–Crippen LogP) is 1.53. The summed E-state index contributed by atoms with van der Waals surface area (Å²) in [5.41, 5.74) is 5.25. The van der Waals surface area contributed by atoms with Crippen LogP contribution in [-0.2, 0) is 10.2 Å². The number of hydrogen-bond acceptors (Lipinski definition) is 3. The van der Waals surface area contributed by atoms with E-state index in [0.29, 0.717) is 11.3 Å². The topological polar surface area (TPSA) is 72.5 Å². The van der Waals surface area contributed by atoms with Gasteiger partial charge in [0.2, 0.25) is 0 Å². The zero-order chi connectivity index (χ0) is 13.1. The third-order valence-corrected chi connectivity index (χ3v) is 2.80. The fraction of sp³-hybridized carbons (Fsp3) is 0.417.